The van der Waals surface area contributed by atoms with E-state index < -0.39 is 11.6 Å². The van der Waals surface area contributed by atoms with Crippen LogP contribution in [-0.4, -0.2) is 39.6 Å². The molecule has 1 aromatic carbocycles. The molecule has 0 amide bonds. The highest BCUT2D eigenvalue weighted by Crippen LogP contribution is 2.24. The molecule has 0 aliphatic rings. The zero-order valence-corrected chi connectivity index (χ0v) is 12.5. The maximum Gasteiger partial charge on any atom is 0.190 e. The standard InChI is InChI=1S/C15H23F2NO3/c1-11(18)8-12-9-13(16)15(14(17)10-12)21-5-3-4-20-7-6-19-2/h9-11H,3-8,18H2,1-2H3. The average molecular weight is 303 g/mol. The van der Waals surface area contributed by atoms with Gasteiger partial charge in [-0.15, -0.1) is 0 Å². The van der Waals surface area contributed by atoms with Crippen LogP contribution in [0.3, 0.4) is 0 Å². The number of nitrogens with two attached hydrogens (primary N) is 1. The molecule has 6 heteroatoms. The third-order valence-corrected chi connectivity index (χ3v) is 2.73. The van der Waals surface area contributed by atoms with Crippen LogP contribution in [0.4, 0.5) is 8.78 Å². The Balaban J connectivity index is 2.41. The number of hydrogen-bond acceptors (Lipinski definition) is 4. The molecule has 0 bridgehead atoms. The normalized spacial score (nSPS) is 12.4. The first-order valence-corrected chi connectivity index (χ1v) is 6.97. The van der Waals surface area contributed by atoms with Crippen molar-refractivity contribution in [1.82, 2.24) is 0 Å². The van der Waals surface area contributed by atoms with Crippen LogP contribution in [0, 0.1) is 11.6 Å². The van der Waals surface area contributed by atoms with Crippen molar-refractivity contribution in [3.8, 4) is 5.75 Å². The topological polar surface area (TPSA) is 53.7 Å². The lowest BCUT2D eigenvalue weighted by Gasteiger charge is -2.11. The van der Waals surface area contributed by atoms with Crippen molar-refractivity contribution in [3.05, 3.63) is 29.3 Å². The maximum atomic E-state index is 13.8. The summed E-state index contributed by atoms with van der Waals surface area (Å²) in [7, 11) is 1.59. The van der Waals surface area contributed by atoms with E-state index in [0.29, 0.717) is 38.2 Å². The van der Waals surface area contributed by atoms with Crippen LogP contribution in [0.1, 0.15) is 18.9 Å². The molecule has 0 heterocycles. The highest BCUT2D eigenvalue weighted by atomic mass is 19.1. The first kappa shape index (κ1) is 17.8. The van der Waals surface area contributed by atoms with E-state index in [0.717, 1.165) is 0 Å². The quantitative estimate of drug-likeness (QED) is 0.674. The van der Waals surface area contributed by atoms with Gasteiger partial charge >= 0.3 is 0 Å². The molecule has 21 heavy (non-hydrogen) atoms. The maximum absolute atomic E-state index is 13.8. The highest BCUT2D eigenvalue weighted by Gasteiger charge is 2.13. The third kappa shape index (κ3) is 6.84. The Bertz CT molecular complexity index is 404. The summed E-state index contributed by atoms with van der Waals surface area (Å²) in [6.07, 6.45) is 0.964. The van der Waals surface area contributed by atoms with Gasteiger partial charge in [0.05, 0.1) is 19.8 Å². The minimum atomic E-state index is -0.703. The van der Waals surface area contributed by atoms with Crippen LogP contribution in [0.2, 0.25) is 0 Å². The van der Waals surface area contributed by atoms with Gasteiger partial charge in [-0.1, -0.05) is 0 Å². The minimum absolute atomic E-state index is 0.153. The Hall–Kier alpha value is -1.24. The third-order valence-electron chi connectivity index (χ3n) is 2.73. The summed E-state index contributed by atoms with van der Waals surface area (Å²) in [4.78, 5) is 0. The van der Waals surface area contributed by atoms with Gasteiger partial charge in [-0.05, 0) is 31.0 Å². The van der Waals surface area contributed by atoms with E-state index >= 15 is 0 Å². The van der Waals surface area contributed by atoms with Crippen molar-refractivity contribution in [2.45, 2.75) is 25.8 Å². The van der Waals surface area contributed by atoms with E-state index in [1.165, 1.54) is 12.1 Å². The van der Waals surface area contributed by atoms with Gasteiger partial charge < -0.3 is 19.9 Å². The van der Waals surface area contributed by atoms with E-state index in [1.807, 2.05) is 0 Å². The van der Waals surface area contributed by atoms with Gasteiger partial charge in [0.15, 0.2) is 17.4 Å². The molecule has 0 fully saturated rings. The molecule has 0 aliphatic carbocycles. The predicted octanol–water partition coefficient (Wildman–Crippen LogP) is 2.29. The van der Waals surface area contributed by atoms with Crippen LogP contribution >= 0.6 is 0 Å². The molecule has 0 aromatic heterocycles. The lowest BCUT2D eigenvalue weighted by molar-refractivity contribution is 0.0640. The van der Waals surface area contributed by atoms with Gasteiger partial charge in [0.1, 0.15) is 0 Å². The Morgan fingerprint density at radius 1 is 1.10 bits per heavy atom. The molecule has 0 spiro atoms. The largest absolute Gasteiger partial charge is 0.488 e. The molecular weight excluding hydrogens is 280 g/mol. The first-order chi connectivity index (χ1) is 10.0. The monoisotopic (exact) mass is 303 g/mol. The molecule has 2 N–H and O–H groups in total. The Labute approximate surface area is 124 Å². The van der Waals surface area contributed by atoms with Gasteiger partial charge in [-0.25, -0.2) is 8.78 Å². The number of ether oxygens (including phenoxy) is 3. The fraction of sp³-hybridized carbons (Fsp3) is 0.600. The van der Waals surface area contributed by atoms with Gasteiger partial charge in [0.25, 0.3) is 0 Å². The minimum Gasteiger partial charge on any atom is -0.488 e. The predicted molar refractivity (Wildman–Crippen MR) is 76.5 cm³/mol. The summed E-state index contributed by atoms with van der Waals surface area (Å²) in [5, 5.41) is 0. The Morgan fingerprint density at radius 2 is 1.76 bits per heavy atom. The van der Waals surface area contributed by atoms with E-state index in [4.69, 9.17) is 19.9 Å². The number of benzene rings is 1. The molecular formula is C15H23F2NO3. The number of rotatable bonds is 10. The second-order valence-corrected chi connectivity index (χ2v) is 4.88. The summed E-state index contributed by atoms with van der Waals surface area (Å²) in [6, 6.07) is 2.37. The van der Waals surface area contributed by atoms with E-state index in [2.05, 4.69) is 0 Å². The van der Waals surface area contributed by atoms with E-state index in [-0.39, 0.29) is 18.4 Å². The van der Waals surface area contributed by atoms with Crippen molar-refractivity contribution in [3.63, 3.8) is 0 Å². The second kappa shape index (κ2) is 9.65. The summed E-state index contributed by atoms with van der Waals surface area (Å²) in [5.74, 6) is -1.75. The number of halogens is 2. The van der Waals surface area contributed by atoms with Crippen LogP contribution in [0.5, 0.6) is 5.75 Å². The van der Waals surface area contributed by atoms with Gasteiger partial charge in [-0.2, -0.15) is 0 Å². The fourth-order valence-electron chi connectivity index (χ4n) is 1.82. The smallest absolute Gasteiger partial charge is 0.190 e. The summed E-state index contributed by atoms with van der Waals surface area (Å²) in [5.41, 5.74) is 6.14. The van der Waals surface area contributed by atoms with E-state index in [1.54, 1.807) is 14.0 Å². The summed E-state index contributed by atoms with van der Waals surface area (Å²) in [6.45, 7) is 3.43. The van der Waals surface area contributed by atoms with Crippen molar-refractivity contribution in [2.24, 2.45) is 5.73 Å². The van der Waals surface area contributed by atoms with Crippen molar-refractivity contribution in [2.75, 3.05) is 33.5 Å². The zero-order valence-electron chi connectivity index (χ0n) is 12.5. The van der Waals surface area contributed by atoms with Crippen LogP contribution in [-0.2, 0) is 15.9 Å². The van der Waals surface area contributed by atoms with Crippen LogP contribution < -0.4 is 10.5 Å². The molecule has 4 nitrogen and oxygen atoms in total. The SMILES string of the molecule is COCCOCCCOc1c(F)cc(CC(C)N)cc1F. The highest BCUT2D eigenvalue weighted by molar-refractivity contribution is 5.31. The van der Waals surface area contributed by atoms with Crippen molar-refractivity contribution < 1.29 is 23.0 Å². The lowest BCUT2D eigenvalue weighted by atomic mass is 10.1. The molecule has 0 saturated carbocycles. The molecule has 1 rings (SSSR count). The second-order valence-electron chi connectivity index (χ2n) is 4.88. The Morgan fingerprint density at radius 3 is 2.33 bits per heavy atom. The van der Waals surface area contributed by atoms with Gasteiger partial charge in [0.2, 0.25) is 0 Å². The number of hydrogen-bond donors (Lipinski definition) is 1. The van der Waals surface area contributed by atoms with Gasteiger partial charge in [-0.3, -0.25) is 0 Å². The lowest BCUT2D eigenvalue weighted by Crippen LogP contribution is -2.18. The zero-order chi connectivity index (χ0) is 15.7. The summed E-state index contributed by atoms with van der Waals surface area (Å²) >= 11 is 0. The molecule has 0 saturated heterocycles. The number of methoxy groups -OCH3 is 1. The van der Waals surface area contributed by atoms with E-state index in [9.17, 15) is 8.78 Å². The summed E-state index contributed by atoms with van der Waals surface area (Å²) < 4.78 is 42.8. The molecule has 120 valence electrons. The molecule has 0 radical (unpaired) electrons. The van der Waals surface area contributed by atoms with Crippen molar-refractivity contribution >= 4 is 0 Å². The van der Waals surface area contributed by atoms with Crippen LogP contribution in [0.25, 0.3) is 0 Å². The fourth-order valence-corrected chi connectivity index (χ4v) is 1.82. The first-order valence-electron chi connectivity index (χ1n) is 6.97. The molecule has 1 atom stereocenters. The molecule has 0 aliphatic heterocycles. The molecule has 1 unspecified atom stereocenters. The van der Waals surface area contributed by atoms with Crippen molar-refractivity contribution in [1.29, 1.82) is 0 Å². The van der Waals surface area contributed by atoms with Gasteiger partial charge in [0, 0.05) is 26.2 Å². The molecule has 1 aromatic rings. The average Bonchev–Trinajstić information content (AvgIpc) is 2.39. The Kier molecular flexibility index (Phi) is 8.19. The van der Waals surface area contributed by atoms with Crippen LogP contribution in [0.15, 0.2) is 12.1 Å².